The zero-order chi connectivity index (χ0) is 10.8. The van der Waals surface area contributed by atoms with E-state index in [0.717, 1.165) is 4.90 Å². The highest BCUT2D eigenvalue weighted by Crippen LogP contribution is 2.16. The van der Waals surface area contributed by atoms with E-state index in [2.05, 4.69) is 26.2 Å². The van der Waals surface area contributed by atoms with Crippen LogP contribution in [0.15, 0.2) is 22.8 Å². The van der Waals surface area contributed by atoms with Crippen LogP contribution in [0.1, 0.15) is 10.5 Å². The van der Waals surface area contributed by atoms with Gasteiger partial charge in [-0.25, -0.2) is 9.78 Å². The molecule has 15 heavy (non-hydrogen) atoms. The van der Waals surface area contributed by atoms with Crippen LogP contribution in [0.2, 0.25) is 0 Å². The van der Waals surface area contributed by atoms with Crippen molar-refractivity contribution in [1.82, 2.24) is 15.2 Å². The number of hydrogen-bond acceptors (Lipinski definition) is 3. The van der Waals surface area contributed by atoms with Gasteiger partial charge in [0.1, 0.15) is 5.69 Å². The molecule has 0 aliphatic carbocycles. The summed E-state index contributed by atoms with van der Waals surface area (Å²) in [6.45, 7) is 0.885. The second kappa shape index (κ2) is 3.98. The Morgan fingerprint density at radius 1 is 1.60 bits per heavy atom. The lowest BCUT2D eigenvalue weighted by atomic mass is 10.3. The fourth-order valence-electron chi connectivity index (χ4n) is 1.34. The summed E-state index contributed by atoms with van der Waals surface area (Å²) in [5.74, 6) is -0.377. The maximum atomic E-state index is 11.9. The van der Waals surface area contributed by atoms with Crippen LogP contribution in [0, 0.1) is 0 Å². The summed E-state index contributed by atoms with van der Waals surface area (Å²) < 4.78 is 0.592. The number of halogens is 1. The molecule has 1 fully saturated rings. The SMILES string of the molecule is O=C1NCCN1C(=O)c1ncccc1Br. The highest BCUT2D eigenvalue weighted by molar-refractivity contribution is 9.10. The largest absolute Gasteiger partial charge is 0.336 e. The number of aromatic nitrogens is 1. The lowest BCUT2D eigenvalue weighted by molar-refractivity contribution is 0.0823. The van der Waals surface area contributed by atoms with Gasteiger partial charge in [0.2, 0.25) is 0 Å². The van der Waals surface area contributed by atoms with E-state index < -0.39 is 0 Å². The monoisotopic (exact) mass is 269 g/mol. The van der Waals surface area contributed by atoms with Crippen molar-refractivity contribution in [2.24, 2.45) is 0 Å². The number of urea groups is 1. The number of nitrogens with zero attached hydrogens (tertiary/aromatic N) is 2. The molecule has 0 bridgehead atoms. The Hall–Kier alpha value is -1.43. The van der Waals surface area contributed by atoms with Gasteiger partial charge in [-0.1, -0.05) is 0 Å². The summed E-state index contributed by atoms with van der Waals surface area (Å²) in [6, 6.07) is 3.07. The van der Waals surface area contributed by atoms with E-state index in [-0.39, 0.29) is 17.6 Å². The molecule has 3 amide bonds. The van der Waals surface area contributed by atoms with Crippen molar-refractivity contribution in [3.05, 3.63) is 28.5 Å². The van der Waals surface area contributed by atoms with Gasteiger partial charge < -0.3 is 5.32 Å². The highest BCUT2D eigenvalue weighted by Gasteiger charge is 2.28. The summed E-state index contributed by atoms with van der Waals surface area (Å²) in [6.07, 6.45) is 1.52. The van der Waals surface area contributed by atoms with Crippen LogP contribution in [0.4, 0.5) is 4.79 Å². The number of carbonyl (C=O) groups is 2. The number of rotatable bonds is 1. The van der Waals surface area contributed by atoms with Gasteiger partial charge >= 0.3 is 6.03 Å². The first kappa shape index (κ1) is 10.1. The quantitative estimate of drug-likeness (QED) is 0.828. The second-order valence-corrected chi connectivity index (χ2v) is 3.88. The Labute approximate surface area is 94.6 Å². The topological polar surface area (TPSA) is 62.3 Å². The van der Waals surface area contributed by atoms with Crippen molar-refractivity contribution in [3.63, 3.8) is 0 Å². The standard InChI is InChI=1S/C9H8BrN3O2/c10-6-2-1-3-11-7(6)8(14)13-5-4-12-9(13)15/h1-3H,4-5H2,(H,12,15). The van der Waals surface area contributed by atoms with Crippen molar-refractivity contribution < 1.29 is 9.59 Å². The molecular formula is C9H8BrN3O2. The molecule has 5 nitrogen and oxygen atoms in total. The number of nitrogens with one attached hydrogen (secondary N) is 1. The van der Waals surface area contributed by atoms with Crippen molar-refractivity contribution in [2.75, 3.05) is 13.1 Å². The van der Waals surface area contributed by atoms with Gasteiger partial charge in [-0.3, -0.25) is 9.69 Å². The molecule has 0 unspecified atom stereocenters. The fraction of sp³-hybridized carbons (Fsp3) is 0.222. The van der Waals surface area contributed by atoms with Gasteiger partial charge in [0.25, 0.3) is 5.91 Å². The molecule has 78 valence electrons. The third kappa shape index (κ3) is 1.85. The van der Waals surface area contributed by atoms with Gasteiger partial charge in [0.15, 0.2) is 0 Å². The molecule has 1 aromatic heterocycles. The first-order valence-electron chi connectivity index (χ1n) is 4.40. The Morgan fingerprint density at radius 2 is 2.40 bits per heavy atom. The Morgan fingerprint density at radius 3 is 3.00 bits per heavy atom. The minimum Gasteiger partial charge on any atom is -0.336 e. The van der Waals surface area contributed by atoms with Gasteiger partial charge in [-0.05, 0) is 28.1 Å². The predicted molar refractivity (Wildman–Crippen MR) is 56.4 cm³/mol. The van der Waals surface area contributed by atoms with Crippen LogP contribution in [-0.2, 0) is 0 Å². The minimum atomic E-state index is -0.377. The van der Waals surface area contributed by atoms with Crippen LogP contribution in [-0.4, -0.2) is 34.9 Å². The summed E-state index contributed by atoms with van der Waals surface area (Å²) in [4.78, 5) is 28.2. The summed E-state index contributed by atoms with van der Waals surface area (Å²) in [7, 11) is 0. The fourth-order valence-corrected chi connectivity index (χ4v) is 1.76. The molecule has 0 atom stereocenters. The van der Waals surface area contributed by atoms with E-state index in [1.54, 1.807) is 12.1 Å². The van der Waals surface area contributed by atoms with Gasteiger partial charge in [0.05, 0.1) is 0 Å². The van der Waals surface area contributed by atoms with Gasteiger partial charge in [-0.15, -0.1) is 0 Å². The molecule has 1 N–H and O–H groups in total. The highest BCUT2D eigenvalue weighted by atomic mass is 79.9. The molecule has 1 aliphatic heterocycles. The third-order valence-corrected chi connectivity index (χ3v) is 2.70. The van der Waals surface area contributed by atoms with Crippen molar-refractivity contribution in [3.8, 4) is 0 Å². The average Bonchev–Trinajstić information content (AvgIpc) is 2.64. The van der Waals surface area contributed by atoms with E-state index in [1.165, 1.54) is 6.20 Å². The maximum absolute atomic E-state index is 11.9. The van der Waals surface area contributed by atoms with Crippen LogP contribution < -0.4 is 5.32 Å². The Bertz CT molecular complexity index is 422. The molecule has 1 saturated heterocycles. The molecule has 1 aromatic rings. The maximum Gasteiger partial charge on any atom is 0.324 e. The number of imide groups is 1. The first-order chi connectivity index (χ1) is 7.20. The molecular weight excluding hydrogens is 262 g/mol. The molecule has 0 spiro atoms. The van der Waals surface area contributed by atoms with Crippen LogP contribution in [0.3, 0.4) is 0 Å². The minimum absolute atomic E-state index is 0.259. The van der Waals surface area contributed by atoms with E-state index in [4.69, 9.17) is 0 Å². The lowest BCUT2D eigenvalue weighted by Gasteiger charge is -2.11. The average molecular weight is 270 g/mol. The van der Waals surface area contributed by atoms with E-state index >= 15 is 0 Å². The number of amides is 3. The van der Waals surface area contributed by atoms with Crippen molar-refractivity contribution >= 4 is 27.9 Å². The summed E-state index contributed by atoms with van der Waals surface area (Å²) >= 11 is 3.22. The number of hydrogen-bond donors (Lipinski definition) is 1. The molecule has 0 saturated carbocycles. The molecule has 6 heteroatoms. The number of carbonyl (C=O) groups excluding carboxylic acids is 2. The molecule has 1 aliphatic rings. The molecule has 0 aromatic carbocycles. The first-order valence-corrected chi connectivity index (χ1v) is 5.19. The normalized spacial score (nSPS) is 15.3. The van der Waals surface area contributed by atoms with Crippen LogP contribution in [0.5, 0.6) is 0 Å². The Kier molecular flexibility index (Phi) is 2.68. The molecule has 2 rings (SSSR count). The summed E-state index contributed by atoms with van der Waals surface area (Å²) in [5, 5.41) is 2.56. The van der Waals surface area contributed by atoms with Crippen LogP contribution in [0.25, 0.3) is 0 Å². The molecule has 2 heterocycles. The summed E-state index contributed by atoms with van der Waals surface area (Å²) in [5.41, 5.74) is 0.259. The van der Waals surface area contributed by atoms with E-state index in [0.29, 0.717) is 17.6 Å². The number of pyridine rings is 1. The van der Waals surface area contributed by atoms with Crippen molar-refractivity contribution in [2.45, 2.75) is 0 Å². The molecule has 0 radical (unpaired) electrons. The van der Waals surface area contributed by atoms with Crippen LogP contribution >= 0.6 is 15.9 Å². The smallest absolute Gasteiger partial charge is 0.324 e. The third-order valence-electron chi connectivity index (χ3n) is 2.06. The van der Waals surface area contributed by atoms with Gasteiger partial charge in [-0.2, -0.15) is 0 Å². The second-order valence-electron chi connectivity index (χ2n) is 3.02. The lowest BCUT2D eigenvalue weighted by Crippen LogP contribution is -2.34. The zero-order valence-corrected chi connectivity index (χ0v) is 9.32. The predicted octanol–water partition coefficient (Wildman–Crippen LogP) is 1.01. The van der Waals surface area contributed by atoms with Gasteiger partial charge in [0, 0.05) is 23.8 Å². The Balaban J connectivity index is 2.28. The van der Waals surface area contributed by atoms with E-state index in [1.807, 2.05) is 0 Å². The van der Waals surface area contributed by atoms with Crippen molar-refractivity contribution in [1.29, 1.82) is 0 Å². The zero-order valence-electron chi connectivity index (χ0n) is 7.74. The van der Waals surface area contributed by atoms with E-state index in [9.17, 15) is 9.59 Å².